The third-order valence-electron chi connectivity index (χ3n) is 7.00. The number of anilines is 1. The fourth-order valence-electron chi connectivity index (χ4n) is 4.83. The molecule has 5 heteroatoms. The lowest BCUT2D eigenvalue weighted by Gasteiger charge is -2.39. The van der Waals surface area contributed by atoms with Crippen molar-refractivity contribution >= 4 is 11.6 Å². The zero-order valence-corrected chi connectivity index (χ0v) is 18.0. The highest BCUT2D eigenvalue weighted by Crippen LogP contribution is 2.38. The molecule has 0 saturated heterocycles. The largest absolute Gasteiger partial charge is 0.361 e. The standard InChI is InChI=1S/C25H32N4O/c1-24(26-2,20-16-19-10-4-5-11-21(19)28-17-20)23(30)29-18-25(13-7-3-8-14-25)22-12-6-9-15-27-22/h4-6,9-12,15,17,26,28H,3,7-8,13-14,16,18H2,1-2H3,(H,29,30)/t24-/m0/s1. The molecule has 1 aromatic heterocycles. The Morgan fingerprint density at radius 2 is 1.90 bits per heavy atom. The van der Waals surface area contributed by atoms with Gasteiger partial charge >= 0.3 is 0 Å². The van der Waals surface area contributed by atoms with Gasteiger partial charge < -0.3 is 16.0 Å². The molecule has 1 aliphatic carbocycles. The number of likely N-dealkylation sites (N-methyl/N-ethyl adjacent to an activating group) is 1. The summed E-state index contributed by atoms with van der Waals surface area (Å²) in [6, 6.07) is 14.4. The van der Waals surface area contributed by atoms with E-state index >= 15 is 0 Å². The highest BCUT2D eigenvalue weighted by molar-refractivity contribution is 5.90. The summed E-state index contributed by atoms with van der Waals surface area (Å²) in [7, 11) is 1.86. The molecule has 3 N–H and O–H groups in total. The van der Waals surface area contributed by atoms with E-state index in [-0.39, 0.29) is 11.3 Å². The number of rotatable bonds is 6. The summed E-state index contributed by atoms with van der Waals surface area (Å²) in [5.41, 5.74) is 3.61. The summed E-state index contributed by atoms with van der Waals surface area (Å²) in [4.78, 5) is 18.1. The van der Waals surface area contributed by atoms with Gasteiger partial charge in [-0.25, -0.2) is 0 Å². The maximum atomic E-state index is 13.5. The molecule has 1 aromatic carbocycles. The van der Waals surface area contributed by atoms with E-state index in [4.69, 9.17) is 0 Å². The van der Waals surface area contributed by atoms with Crippen molar-refractivity contribution in [3.63, 3.8) is 0 Å². The minimum Gasteiger partial charge on any atom is -0.361 e. The predicted octanol–water partition coefficient (Wildman–Crippen LogP) is 3.93. The second-order valence-corrected chi connectivity index (χ2v) is 8.76. The molecule has 0 unspecified atom stereocenters. The van der Waals surface area contributed by atoms with Crippen LogP contribution in [-0.4, -0.2) is 30.0 Å². The second-order valence-electron chi connectivity index (χ2n) is 8.76. The average Bonchev–Trinajstić information content (AvgIpc) is 2.82. The molecule has 1 amide bonds. The molecule has 4 rings (SSSR count). The lowest BCUT2D eigenvalue weighted by molar-refractivity contribution is -0.126. The number of nitrogens with zero attached hydrogens (tertiary/aromatic N) is 1. The van der Waals surface area contributed by atoms with E-state index in [1.54, 1.807) is 0 Å². The van der Waals surface area contributed by atoms with Crippen LogP contribution in [0.25, 0.3) is 0 Å². The maximum absolute atomic E-state index is 13.5. The molecule has 0 bridgehead atoms. The summed E-state index contributed by atoms with van der Waals surface area (Å²) in [5.74, 6) is 0.0123. The van der Waals surface area contributed by atoms with E-state index in [0.29, 0.717) is 6.54 Å². The van der Waals surface area contributed by atoms with Gasteiger partial charge in [0, 0.05) is 35.7 Å². The molecule has 1 fully saturated rings. The van der Waals surface area contributed by atoms with Crippen molar-refractivity contribution in [1.82, 2.24) is 15.6 Å². The number of carbonyl (C=O) groups excluding carboxylic acids is 1. The summed E-state index contributed by atoms with van der Waals surface area (Å²) in [5, 5.41) is 9.93. The summed E-state index contributed by atoms with van der Waals surface area (Å²) in [6.07, 6.45) is 10.3. The minimum absolute atomic E-state index is 0.0123. The minimum atomic E-state index is -0.777. The van der Waals surface area contributed by atoms with Crippen molar-refractivity contribution in [3.05, 3.63) is 71.7 Å². The lowest BCUT2D eigenvalue weighted by atomic mass is 9.71. The van der Waals surface area contributed by atoms with Gasteiger partial charge in [-0.2, -0.15) is 0 Å². The first-order valence-corrected chi connectivity index (χ1v) is 11.0. The molecule has 30 heavy (non-hydrogen) atoms. The van der Waals surface area contributed by atoms with Crippen LogP contribution in [0.1, 0.15) is 50.3 Å². The highest BCUT2D eigenvalue weighted by atomic mass is 16.2. The molecule has 1 atom stereocenters. The Kier molecular flexibility index (Phi) is 5.91. The Labute approximate surface area is 179 Å². The number of hydrogen-bond donors (Lipinski definition) is 3. The first-order valence-electron chi connectivity index (χ1n) is 11.0. The number of carbonyl (C=O) groups is 1. The average molecular weight is 405 g/mol. The van der Waals surface area contributed by atoms with Crippen LogP contribution in [-0.2, 0) is 16.6 Å². The number of benzene rings is 1. The topological polar surface area (TPSA) is 66.0 Å². The number of fused-ring (bicyclic) bond motifs is 1. The van der Waals surface area contributed by atoms with Crippen molar-refractivity contribution in [2.75, 3.05) is 18.9 Å². The Balaban J connectivity index is 1.52. The van der Waals surface area contributed by atoms with Gasteiger partial charge in [-0.05, 0) is 62.6 Å². The Bertz CT molecular complexity index is 918. The normalized spacial score (nSPS) is 19.6. The number of para-hydroxylation sites is 1. The first kappa shape index (κ1) is 20.6. The molecule has 5 nitrogen and oxygen atoms in total. The Morgan fingerprint density at radius 1 is 1.13 bits per heavy atom. The van der Waals surface area contributed by atoms with Crippen molar-refractivity contribution in [2.45, 2.75) is 56.4 Å². The van der Waals surface area contributed by atoms with Gasteiger partial charge in [0.25, 0.3) is 0 Å². The van der Waals surface area contributed by atoms with E-state index in [9.17, 15) is 4.79 Å². The highest BCUT2D eigenvalue weighted by Gasteiger charge is 2.40. The van der Waals surface area contributed by atoms with Gasteiger partial charge in [-0.1, -0.05) is 43.5 Å². The SMILES string of the molecule is CN[C@](C)(C(=O)NCC1(c2ccccn2)CCCCC1)C1=CNc2ccccc2C1. The van der Waals surface area contributed by atoms with Gasteiger partial charge in [0.05, 0.1) is 0 Å². The quantitative estimate of drug-likeness (QED) is 0.683. The van der Waals surface area contributed by atoms with Crippen LogP contribution in [0.4, 0.5) is 5.69 Å². The third kappa shape index (κ3) is 3.86. The van der Waals surface area contributed by atoms with Gasteiger partial charge in [-0.3, -0.25) is 9.78 Å². The molecular weight excluding hydrogens is 372 g/mol. The van der Waals surface area contributed by atoms with Crippen LogP contribution >= 0.6 is 0 Å². The number of nitrogens with one attached hydrogen (secondary N) is 3. The maximum Gasteiger partial charge on any atom is 0.244 e. The van der Waals surface area contributed by atoms with Crippen molar-refractivity contribution in [3.8, 4) is 0 Å². The summed E-state index contributed by atoms with van der Waals surface area (Å²) >= 11 is 0. The van der Waals surface area contributed by atoms with Crippen LogP contribution in [0.5, 0.6) is 0 Å². The molecule has 2 aliphatic rings. The monoisotopic (exact) mass is 404 g/mol. The third-order valence-corrected chi connectivity index (χ3v) is 7.00. The number of amides is 1. The zero-order valence-electron chi connectivity index (χ0n) is 18.0. The van der Waals surface area contributed by atoms with Crippen molar-refractivity contribution < 1.29 is 4.79 Å². The number of pyridine rings is 1. The Morgan fingerprint density at radius 3 is 2.63 bits per heavy atom. The van der Waals surface area contributed by atoms with Crippen molar-refractivity contribution in [2.24, 2.45) is 0 Å². The van der Waals surface area contributed by atoms with Crippen LogP contribution in [0, 0.1) is 0 Å². The van der Waals surface area contributed by atoms with E-state index in [1.807, 2.05) is 50.6 Å². The predicted molar refractivity (Wildman–Crippen MR) is 121 cm³/mol. The molecule has 0 spiro atoms. The molecule has 1 aliphatic heterocycles. The Hall–Kier alpha value is -2.66. The molecule has 2 heterocycles. The van der Waals surface area contributed by atoms with E-state index in [2.05, 4.69) is 39.1 Å². The summed E-state index contributed by atoms with van der Waals surface area (Å²) in [6.45, 7) is 2.59. The van der Waals surface area contributed by atoms with Gasteiger partial charge in [-0.15, -0.1) is 0 Å². The second kappa shape index (κ2) is 8.60. The molecule has 1 saturated carbocycles. The molecule has 158 valence electrons. The molecular formula is C25H32N4O. The molecule has 2 aromatic rings. The van der Waals surface area contributed by atoms with Gasteiger partial charge in [0.2, 0.25) is 5.91 Å². The van der Waals surface area contributed by atoms with E-state index in [1.165, 1.54) is 24.8 Å². The van der Waals surface area contributed by atoms with Gasteiger partial charge in [0.15, 0.2) is 0 Å². The van der Waals surface area contributed by atoms with E-state index < -0.39 is 5.54 Å². The lowest BCUT2D eigenvalue weighted by Crippen LogP contribution is -2.57. The number of hydrogen-bond acceptors (Lipinski definition) is 4. The first-order chi connectivity index (χ1) is 14.6. The van der Waals surface area contributed by atoms with Crippen molar-refractivity contribution in [1.29, 1.82) is 0 Å². The van der Waals surface area contributed by atoms with Crippen LogP contribution in [0.2, 0.25) is 0 Å². The zero-order chi connectivity index (χ0) is 21.0. The van der Waals surface area contributed by atoms with Crippen LogP contribution in [0.3, 0.4) is 0 Å². The van der Waals surface area contributed by atoms with Crippen LogP contribution < -0.4 is 16.0 Å². The number of aromatic nitrogens is 1. The molecule has 0 radical (unpaired) electrons. The van der Waals surface area contributed by atoms with Gasteiger partial charge in [0.1, 0.15) is 5.54 Å². The summed E-state index contributed by atoms with van der Waals surface area (Å²) < 4.78 is 0. The van der Waals surface area contributed by atoms with Crippen LogP contribution in [0.15, 0.2) is 60.4 Å². The van der Waals surface area contributed by atoms with E-state index in [0.717, 1.165) is 36.2 Å². The smallest absolute Gasteiger partial charge is 0.244 e. The fourth-order valence-corrected chi connectivity index (χ4v) is 4.83. The fraction of sp³-hybridized carbons (Fsp3) is 0.440.